The highest BCUT2D eigenvalue weighted by Gasteiger charge is 2.64. The number of aliphatic hydroxyl groups excluding tert-OH is 1. The molecule has 0 amide bonds. The smallest absolute Gasteiger partial charge is 0.120 e. The van der Waals surface area contributed by atoms with Crippen molar-refractivity contribution in [3.8, 4) is 0 Å². The van der Waals surface area contributed by atoms with Crippen LogP contribution in [0.25, 0.3) is 0 Å². The summed E-state index contributed by atoms with van der Waals surface area (Å²) in [6.45, 7) is 7.26. The molecular formula is C19H26O2. The van der Waals surface area contributed by atoms with Gasteiger partial charge in [-0.2, -0.15) is 0 Å². The van der Waals surface area contributed by atoms with Gasteiger partial charge in [-0.15, -0.1) is 0 Å². The number of aliphatic hydroxyl groups is 1. The third-order valence-electron chi connectivity index (χ3n) is 6.29. The Balaban J connectivity index is 1.86. The Labute approximate surface area is 127 Å². The highest BCUT2D eigenvalue weighted by Crippen LogP contribution is 2.65. The van der Waals surface area contributed by atoms with Gasteiger partial charge < -0.3 is 9.84 Å². The first kappa shape index (κ1) is 13.8. The summed E-state index contributed by atoms with van der Waals surface area (Å²) in [5.74, 6) is 0.625. The SMILES string of the molecule is CC(C)C1=C2C3=CC=C(CO)C[C@@H]4O[C@@]34CC[C@@]2(C)CC1. The van der Waals surface area contributed by atoms with E-state index in [-0.39, 0.29) is 12.2 Å². The molecule has 0 bridgehead atoms. The second-order valence-corrected chi connectivity index (χ2v) is 7.88. The number of rotatable bonds is 2. The van der Waals surface area contributed by atoms with E-state index in [4.69, 9.17) is 4.74 Å². The predicted octanol–water partition coefficient (Wildman–Crippen LogP) is 3.92. The zero-order chi connectivity index (χ0) is 14.8. The van der Waals surface area contributed by atoms with E-state index in [1.165, 1.54) is 24.8 Å². The van der Waals surface area contributed by atoms with Gasteiger partial charge in [0.2, 0.25) is 0 Å². The second kappa shape index (κ2) is 4.33. The highest BCUT2D eigenvalue weighted by molar-refractivity contribution is 5.56. The predicted molar refractivity (Wildman–Crippen MR) is 83.9 cm³/mol. The van der Waals surface area contributed by atoms with Gasteiger partial charge >= 0.3 is 0 Å². The maximum Gasteiger partial charge on any atom is 0.120 e. The van der Waals surface area contributed by atoms with E-state index < -0.39 is 0 Å². The van der Waals surface area contributed by atoms with Gasteiger partial charge in [0, 0.05) is 6.42 Å². The van der Waals surface area contributed by atoms with Crippen molar-refractivity contribution in [1.82, 2.24) is 0 Å². The van der Waals surface area contributed by atoms with E-state index in [2.05, 4.69) is 32.9 Å². The van der Waals surface area contributed by atoms with Crippen molar-refractivity contribution >= 4 is 0 Å². The normalized spacial score (nSPS) is 41.1. The summed E-state index contributed by atoms with van der Waals surface area (Å²) in [5.41, 5.74) is 6.16. The van der Waals surface area contributed by atoms with Gasteiger partial charge in [0.1, 0.15) is 5.60 Å². The van der Waals surface area contributed by atoms with E-state index in [9.17, 15) is 5.11 Å². The molecule has 4 rings (SSSR count). The first-order chi connectivity index (χ1) is 10.00. The molecule has 1 saturated heterocycles. The standard InChI is InChI=1S/C19H26O2/c1-12(2)14-6-7-18(3)8-9-19-15(17(14)18)5-4-13(11-20)10-16(19)21-19/h4-5,12,16,20H,6-11H2,1-3H3/t16-,18+,19-/m0/s1. The van der Waals surface area contributed by atoms with Crippen molar-refractivity contribution in [3.63, 3.8) is 0 Å². The van der Waals surface area contributed by atoms with Gasteiger partial charge in [0.15, 0.2) is 0 Å². The second-order valence-electron chi connectivity index (χ2n) is 7.88. The molecule has 2 nitrogen and oxygen atoms in total. The molecule has 21 heavy (non-hydrogen) atoms. The summed E-state index contributed by atoms with van der Waals surface area (Å²) in [6.07, 6.45) is 10.6. The van der Waals surface area contributed by atoms with Crippen LogP contribution in [-0.4, -0.2) is 23.4 Å². The zero-order valence-electron chi connectivity index (χ0n) is 13.4. The van der Waals surface area contributed by atoms with E-state index in [0.29, 0.717) is 17.4 Å². The van der Waals surface area contributed by atoms with Crippen LogP contribution in [0.15, 0.2) is 34.4 Å². The van der Waals surface area contributed by atoms with Crippen LogP contribution in [-0.2, 0) is 4.74 Å². The summed E-state index contributed by atoms with van der Waals surface area (Å²) in [5, 5.41) is 9.50. The van der Waals surface area contributed by atoms with Gasteiger partial charge in [-0.1, -0.05) is 38.5 Å². The Morgan fingerprint density at radius 1 is 1.29 bits per heavy atom. The molecule has 1 aliphatic heterocycles. The van der Waals surface area contributed by atoms with Crippen LogP contribution in [0, 0.1) is 11.3 Å². The molecule has 1 saturated carbocycles. The Morgan fingerprint density at radius 3 is 2.81 bits per heavy atom. The molecule has 3 atom stereocenters. The lowest BCUT2D eigenvalue weighted by Gasteiger charge is -2.39. The number of hydrogen-bond acceptors (Lipinski definition) is 2. The van der Waals surface area contributed by atoms with Gasteiger partial charge in [-0.3, -0.25) is 0 Å². The molecule has 0 radical (unpaired) electrons. The van der Waals surface area contributed by atoms with Crippen LogP contribution in [0.1, 0.15) is 52.9 Å². The fraction of sp³-hybridized carbons (Fsp3) is 0.684. The molecule has 0 aromatic rings. The van der Waals surface area contributed by atoms with Crippen LogP contribution in [0.5, 0.6) is 0 Å². The maximum absolute atomic E-state index is 9.50. The Bertz CT molecular complexity index is 580. The average Bonchev–Trinajstić information content (AvgIpc) is 3.04. The molecular weight excluding hydrogens is 260 g/mol. The largest absolute Gasteiger partial charge is 0.392 e. The third kappa shape index (κ3) is 1.78. The van der Waals surface area contributed by atoms with E-state index in [1.807, 2.05) is 0 Å². The molecule has 1 N–H and O–H groups in total. The fourth-order valence-corrected chi connectivity index (χ4v) is 4.91. The summed E-state index contributed by atoms with van der Waals surface area (Å²) >= 11 is 0. The Morgan fingerprint density at radius 2 is 2.10 bits per heavy atom. The van der Waals surface area contributed by atoms with Crippen LogP contribution in [0.4, 0.5) is 0 Å². The molecule has 4 aliphatic rings. The minimum atomic E-state index is -0.0211. The lowest BCUT2D eigenvalue weighted by molar-refractivity contribution is 0.234. The number of fused-ring (bicyclic) bond motifs is 2. The van der Waals surface area contributed by atoms with Crippen LogP contribution >= 0.6 is 0 Å². The molecule has 2 heteroatoms. The van der Waals surface area contributed by atoms with Crippen molar-refractivity contribution in [2.75, 3.05) is 6.61 Å². The van der Waals surface area contributed by atoms with Crippen LogP contribution < -0.4 is 0 Å². The first-order valence-corrected chi connectivity index (χ1v) is 8.43. The molecule has 0 unspecified atom stereocenters. The molecule has 2 fully saturated rings. The van der Waals surface area contributed by atoms with Gasteiger partial charge in [0.25, 0.3) is 0 Å². The summed E-state index contributed by atoms with van der Waals surface area (Å²) in [7, 11) is 0. The number of ether oxygens (including phenoxy) is 1. The molecule has 1 spiro atoms. The van der Waals surface area contributed by atoms with Crippen molar-refractivity contribution in [2.24, 2.45) is 11.3 Å². The van der Waals surface area contributed by atoms with Crippen molar-refractivity contribution in [3.05, 3.63) is 34.4 Å². The van der Waals surface area contributed by atoms with Gasteiger partial charge in [-0.25, -0.2) is 0 Å². The first-order valence-electron chi connectivity index (χ1n) is 8.43. The number of epoxide rings is 1. The van der Waals surface area contributed by atoms with Crippen LogP contribution in [0.3, 0.4) is 0 Å². The Hall–Kier alpha value is -0.860. The molecule has 1 heterocycles. The zero-order valence-corrected chi connectivity index (χ0v) is 13.4. The van der Waals surface area contributed by atoms with Gasteiger partial charge in [-0.05, 0) is 53.7 Å². The lowest BCUT2D eigenvalue weighted by Crippen LogP contribution is -2.34. The molecule has 114 valence electrons. The molecule has 0 aromatic heterocycles. The summed E-state index contributed by atoms with van der Waals surface area (Å²) in [6, 6.07) is 0. The van der Waals surface area contributed by atoms with Crippen LogP contribution in [0.2, 0.25) is 0 Å². The molecule has 3 aliphatic carbocycles. The third-order valence-corrected chi connectivity index (χ3v) is 6.29. The Kier molecular flexibility index (Phi) is 2.84. The van der Waals surface area contributed by atoms with E-state index in [1.54, 1.807) is 11.1 Å². The lowest BCUT2D eigenvalue weighted by atomic mass is 9.64. The van der Waals surface area contributed by atoms with E-state index in [0.717, 1.165) is 18.4 Å². The van der Waals surface area contributed by atoms with E-state index >= 15 is 0 Å². The minimum Gasteiger partial charge on any atom is -0.392 e. The average molecular weight is 286 g/mol. The summed E-state index contributed by atoms with van der Waals surface area (Å²) in [4.78, 5) is 0. The highest BCUT2D eigenvalue weighted by atomic mass is 16.6. The fourth-order valence-electron chi connectivity index (χ4n) is 4.91. The number of hydrogen-bond donors (Lipinski definition) is 1. The topological polar surface area (TPSA) is 32.8 Å². The quantitative estimate of drug-likeness (QED) is 0.780. The number of allylic oxidation sites excluding steroid dienone is 3. The van der Waals surface area contributed by atoms with Crippen molar-refractivity contribution in [2.45, 2.75) is 64.6 Å². The monoisotopic (exact) mass is 286 g/mol. The maximum atomic E-state index is 9.50. The minimum absolute atomic E-state index is 0.0211. The van der Waals surface area contributed by atoms with Crippen molar-refractivity contribution < 1.29 is 9.84 Å². The molecule has 0 aromatic carbocycles. The summed E-state index contributed by atoms with van der Waals surface area (Å²) < 4.78 is 6.21. The van der Waals surface area contributed by atoms with Crippen molar-refractivity contribution in [1.29, 1.82) is 0 Å². The van der Waals surface area contributed by atoms with Gasteiger partial charge in [0.05, 0.1) is 12.7 Å².